The molecule has 0 radical (unpaired) electrons. The van der Waals surface area contributed by atoms with E-state index in [9.17, 15) is 24.6 Å². The Balaban J connectivity index is 1.61. The zero-order valence-electron chi connectivity index (χ0n) is 16.3. The third-order valence-corrected chi connectivity index (χ3v) is 5.94. The Bertz CT molecular complexity index is 1330. The lowest BCUT2D eigenvalue weighted by Crippen LogP contribution is -2.19. The predicted molar refractivity (Wildman–Crippen MR) is 125 cm³/mol. The molecule has 166 valence electrons. The number of hydrogen-bond donors (Lipinski definition) is 3. The Hall–Kier alpha value is -3.53. The minimum atomic E-state index is -1.30. The molecule has 0 unspecified atom stereocenters. The maximum Gasteiger partial charge on any atom is 0.335 e. The molecule has 3 aromatic rings. The predicted octanol–water partition coefficient (Wildman–Crippen LogP) is 5.54. The van der Waals surface area contributed by atoms with Crippen molar-refractivity contribution in [2.45, 2.75) is 0 Å². The molecular formula is C22H12Cl2N2O6S. The highest BCUT2D eigenvalue weighted by molar-refractivity contribution is 8.18. The van der Waals surface area contributed by atoms with Crippen molar-refractivity contribution in [3.05, 3.63) is 80.4 Å². The van der Waals surface area contributed by atoms with Gasteiger partial charge in [-0.15, -0.1) is 0 Å². The minimum absolute atomic E-state index is 0.0741. The molecule has 3 N–H and O–H groups in total. The number of carbonyl (C=O) groups is 3. The fraction of sp³-hybridized carbons (Fsp3) is 0. The standard InChI is InChI=1S/C22H12Cl2N2O6S/c23-14-2-1-3-15(24)18(14)16-5-4-13(32-16)9-17-19(27)26-22(33-17)25-12-7-10(20(28)29)6-11(8-12)21(30)31/h1-9H,(H,28,29)(H,30,31)(H,25,26,27)/b17-9+. The van der Waals surface area contributed by atoms with Gasteiger partial charge in [-0.05, 0) is 54.2 Å². The Morgan fingerprint density at radius 2 is 1.64 bits per heavy atom. The minimum Gasteiger partial charge on any atom is -0.478 e. The van der Waals surface area contributed by atoms with Crippen molar-refractivity contribution in [3.63, 3.8) is 0 Å². The van der Waals surface area contributed by atoms with Crippen LogP contribution in [-0.4, -0.2) is 33.2 Å². The second-order valence-corrected chi connectivity index (χ2v) is 8.50. The molecule has 0 spiro atoms. The lowest BCUT2D eigenvalue weighted by molar-refractivity contribution is -0.115. The smallest absolute Gasteiger partial charge is 0.335 e. The number of halogens is 2. The number of thioether (sulfide) groups is 1. The van der Waals surface area contributed by atoms with Crippen LogP contribution in [-0.2, 0) is 4.79 Å². The van der Waals surface area contributed by atoms with Crippen LogP contribution in [0.5, 0.6) is 0 Å². The van der Waals surface area contributed by atoms with Gasteiger partial charge in [-0.1, -0.05) is 29.3 Å². The van der Waals surface area contributed by atoms with Crippen LogP contribution in [0.4, 0.5) is 5.69 Å². The van der Waals surface area contributed by atoms with Gasteiger partial charge in [0.25, 0.3) is 5.91 Å². The van der Waals surface area contributed by atoms with Gasteiger partial charge in [-0.3, -0.25) is 4.79 Å². The first-order valence-corrected chi connectivity index (χ1v) is 10.7. The highest BCUT2D eigenvalue weighted by Gasteiger charge is 2.25. The van der Waals surface area contributed by atoms with E-state index in [-0.39, 0.29) is 26.9 Å². The molecule has 1 aliphatic rings. The van der Waals surface area contributed by atoms with Gasteiger partial charge in [0.2, 0.25) is 0 Å². The summed E-state index contributed by atoms with van der Waals surface area (Å²) >= 11 is 13.4. The molecule has 0 saturated carbocycles. The van der Waals surface area contributed by atoms with E-state index in [1.807, 2.05) is 0 Å². The van der Waals surface area contributed by atoms with Crippen molar-refractivity contribution in [2.75, 3.05) is 0 Å². The second kappa shape index (κ2) is 9.14. The molecule has 0 aliphatic carbocycles. The van der Waals surface area contributed by atoms with E-state index in [0.29, 0.717) is 27.1 Å². The number of amides is 1. The van der Waals surface area contributed by atoms with Crippen LogP contribution in [0.1, 0.15) is 26.5 Å². The highest BCUT2D eigenvalue weighted by atomic mass is 35.5. The van der Waals surface area contributed by atoms with Crippen molar-refractivity contribution in [3.8, 4) is 11.3 Å². The third-order valence-electron chi connectivity index (χ3n) is 4.40. The number of rotatable bonds is 5. The zero-order chi connectivity index (χ0) is 23.7. The summed E-state index contributed by atoms with van der Waals surface area (Å²) in [6, 6.07) is 11.9. The zero-order valence-corrected chi connectivity index (χ0v) is 18.7. The number of carbonyl (C=O) groups excluding carboxylic acids is 1. The van der Waals surface area contributed by atoms with E-state index in [1.165, 1.54) is 18.2 Å². The first kappa shape index (κ1) is 22.7. The number of hydrogen-bond acceptors (Lipinski definition) is 6. The lowest BCUT2D eigenvalue weighted by atomic mass is 10.1. The lowest BCUT2D eigenvalue weighted by Gasteiger charge is -2.02. The maximum absolute atomic E-state index is 12.4. The van der Waals surface area contributed by atoms with Gasteiger partial charge < -0.3 is 19.9 Å². The van der Waals surface area contributed by atoms with Crippen molar-refractivity contribution in [1.29, 1.82) is 0 Å². The first-order chi connectivity index (χ1) is 15.7. The molecule has 4 rings (SSSR count). The molecule has 1 amide bonds. The molecule has 1 aliphatic heterocycles. The second-order valence-electron chi connectivity index (χ2n) is 6.66. The van der Waals surface area contributed by atoms with Crippen LogP contribution < -0.4 is 5.32 Å². The molecular weight excluding hydrogens is 491 g/mol. The van der Waals surface area contributed by atoms with E-state index in [4.69, 9.17) is 27.6 Å². The number of benzene rings is 2. The van der Waals surface area contributed by atoms with Crippen molar-refractivity contribution in [1.82, 2.24) is 5.32 Å². The van der Waals surface area contributed by atoms with Crippen LogP contribution in [0, 0.1) is 0 Å². The number of amidine groups is 1. The number of furan rings is 1. The Labute approximate surface area is 200 Å². The van der Waals surface area contributed by atoms with Crippen molar-refractivity contribution < 1.29 is 29.0 Å². The normalized spacial score (nSPS) is 15.8. The molecule has 33 heavy (non-hydrogen) atoms. The molecule has 8 nitrogen and oxygen atoms in total. The van der Waals surface area contributed by atoms with E-state index >= 15 is 0 Å². The summed E-state index contributed by atoms with van der Waals surface area (Å²) in [5, 5.41) is 21.9. The quantitative estimate of drug-likeness (QED) is 0.390. The van der Waals surface area contributed by atoms with Gasteiger partial charge in [0.1, 0.15) is 11.5 Å². The molecule has 1 saturated heterocycles. The fourth-order valence-corrected chi connectivity index (χ4v) is 4.35. The van der Waals surface area contributed by atoms with E-state index < -0.39 is 17.8 Å². The number of aliphatic imine (C=N–C) groups is 1. The summed E-state index contributed by atoms with van der Waals surface area (Å²) in [6.45, 7) is 0. The summed E-state index contributed by atoms with van der Waals surface area (Å²) in [5.74, 6) is -2.23. The van der Waals surface area contributed by atoms with E-state index in [2.05, 4.69) is 10.3 Å². The van der Waals surface area contributed by atoms with Crippen molar-refractivity contribution >= 4 is 69.7 Å². The van der Waals surface area contributed by atoms with Gasteiger partial charge in [0.05, 0.1) is 37.3 Å². The van der Waals surface area contributed by atoms with Gasteiger partial charge in [-0.2, -0.15) is 0 Å². The molecule has 11 heteroatoms. The summed E-state index contributed by atoms with van der Waals surface area (Å²) in [7, 11) is 0. The Morgan fingerprint density at radius 3 is 2.24 bits per heavy atom. The number of nitrogens with one attached hydrogen (secondary N) is 1. The van der Waals surface area contributed by atoms with Gasteiger partial charge in [-0.25, -0.2) is 14.6 Å². The van der Waals surface area contributed by atoms with E-state index in [0.717, 1.165) is 17.8 Å². The molecule has 0 atom stereocenters. The van der Waals surface area contributed by atoms with Gasteiger partial charge in [0.15, 0.2) is 5.17 Å². The van der Waals surface area contributed by atoms with E-state index in [1.54, 1.807) is 30.3 Å². The van der Waals surface area contributed by atoms with Crippen LogP contribution in [0.3, 0.4) is 0 Å². The average Bonchev–Trinajstić information content (AvgIpc) is 3.34. The van der Waals surface area contributed by atoms with Crippen LogP contribution in [0.15, 0.2) is 62.8 Å². The third kappa shape index (κ3) is 4.95. The summed E-state index contributed by atoms with van der Waals surface area (Å²) in [6.07, 6.45) is 1.51. The highest BCUT2D eigenvalue weighted by Crippen LogP contribution is 2.36. The SMILES string of the molecule is O=C1NC(=Nc2cc(C(=O)O)cc(C(=O)O)c2)S/C1=C/c1ccc(-c2c(Cl)cccc2Cl)o1. The van der Waals surface area contributed by atoms with Crippen LogP contribution in [0.2, 0.25) is 10.0 Å². The summed E-state index contributed by atoms with van der Waals surface area (Å²) in [4.78, 5) is 39.3. The average molecular weight is 503 g/mol. The summed E-state index contributed by atoms with van der Waals surface area (Å²) in [5.41, 5.74) is 0.134. The molecule has 2 aromatic carbocycles. The molecule has 1 fully saturated rings. The van der Waals surface area contributed by atoms with Crippen LogP contribution >= 0.6 is 35.0 Å². The number of carboxylic acid groups (broad SMARTS) is 2. The molecule has 2 heterocycles. The monoisotopic (exact) mass is 502 g/mol. The largest absolute Gasteiger partial charge is 0.478 e. The number of nitrogens with zero attached hydrogens (tertiary/aromatic N) is 1. The maximum atomic E-state index is 12.4. The number of carboxylic acids is 2. The first-order valence-electron chi connectivity index (χ1n) is 9.17. The molecule has 1 aromatic heterocycles. The fourth-order valence-electron chi connectivity index (χ4n) is 2.95. The van der Waals surface area contributed by atoms with Gasteiger partial charge in [0, 0.05) is 6.08 Å². The summed E-state index contributed by atoms with van der Waals surface area (Å²) < 4.78 is 5.77. The van der Waals surface area contributed by atoms with Gasteiger partial charge >= 0.3 is 11.9 Å². The van der Waals surface area contributed by atoms with Crippen LogP contribution in [0.25, 0.3) is 17.4 Å². The molecule has 0 bridgehead atoms. The Kier molecular flexibility index (Phi) is 6.28. The Morgan fingerprint density at radius 1 is 1.00 bits per heavy atom. The topological polar surface area (TPSA) is 129 Å². The van der Waals surface area contributed by atoms with Crippen molar-refractivity contribution in [2.24, 2.45) is 4.99 Å². The number of aromatic carboxylic acids is 2.